The Kier molecular flexibility index (Phi) is 8.82. The van der Waals surface area contributed by atoms with E-state index in [4.69, 9.17) is 29.0 Å². The molecule has 0 radical (unpaired) electrons. The van der Waals surface area contributed by atoms with Gasteiger partial charge in [-0.3, -0.25) is 23.0 Å². The monoisotopic (exact) mass is 658 g/mol. The van der Waals surface area contributed by atoms with Crippen molar-refractivity contribution < 1.29 is 37.5 Å². The van der Waals surface area contributed by atoms with Gasteiger partial charge in [0.05, 0.1) is 30.7 Å². The lowest BCUT2D eigenvalue weighted by molar-refractivity contribution is -0.0564. The normalized spacial score (nSPS) is 25.9. The molecule has 18 nitrogen and oxygen atoms in total. The lowest BCUT2D eigenvalue weighted by atomic mass is 10.1. The van der Waals surface area contributed by atoms with E-state index in [0.29, 0.717) is 17.9 Å². The van der Waals surface area contributed by atoms with Crippen LogP contribution in [0.3, 0.4) is 0 Å². The van der Waals surface area contributed by atoms with E-state index in [1.807, 2.05) is 6.92 Å². The lowest BCUT2D eigenvalue weighted by Crippen LogP contribution is -2.31. The van der Waals surface area contributed by atoms with Gasteiger partial charge < -0.3 is 29.8 Å². The van der Waals surface area contributed by atoms with E-state index < -0.39 is 68.5 Å². The van der Waals surface area contributed by atoms with Gasteiger partial charge in [0, 0.05) is 12.8 Å². The summed E-state index contributed by atoms with van der Waals surface area (Å²) >= 11 is 0. The zero-order valence-corrected chi connectivity index (χ0v) is 25.6. The number of rotatable bonds is 10. The molecule has 19 heteroatoms. The van der Waals surface area contributed by atoms with Gasteiger partial charge in [0.25, 0.3) is 5.56 Å². The molecule has 5 heterocycles. The Bertz CT molecular complexity index is 1900. The first-order chi connectivity index (χ1) is 22.0. The molecule has 2 saturated heterocycles. The van der Waals surface area contributed by atoms with E-state index in [1.54, 1.807) is 41.8 Å². The Balaban J connectivity index is 1.15. The molecule has 244 valence electrons. The van der Waals surface area contributed by atoms with Crippen LogP contribution in [0.2, 0.25) is 0 Å². The molecule has 4 aromatic rings. The molecule has 0 aliphatic carbocycles. The van der Waals surface area contributed by atoms with Gasteiger partial charge in [0.2, 0.25) is 5.95 Å². The molecule has 3 aromatic heterocycles. The molecule has 2 fully saturated rings. The zero-order chi connectivity index (χ0) is 32.6. The highest BCUT2D eigenvalue weighted by molar-refractivity contribution is 7.47. The second kappa shape index (κ2) is 12.8. The number of aryl methyl sites for hydroxylation is 1. The summed E-state index contributed by atoms with van der Waals surface area (Å²) in [5.74, 6) is -0.500. The molecule has 6 rings (SSSR count). The summed E-state index contributed by atoms with van der Waals surface area (Å²) in [7, 11) is -4.74. The van der Waals surface area contributed by atoms with E-state index in [1.165, 1.54) is 6.33 Å². The van der Waals surface area contributed by atoms with Crippen LogP contribution in [0.5, 0.6) is 0 Å². The highest BCUT2D eigenvalue weighted by atomic mass is 31.2. The largest absolute Gasteiger partial charge is 0.472 e. The third-order valence-electron chi connectivity index (χ3n) is 7.62. The maximum atomic E-state index is 13.2. The van der Waals surface area contributed by atoms with Gasteiger partial charge in [-0.05, 0) is 25.5 Å². The SMILES string of the molecule is CC[C@H]1O[C@@H](n2cnc3c(=O)[nH]c(C)nc32)C[C@H]1OP(=O)(O)OC[C@H]1O[C@@H](n2cnc(N)nc2=O)C[C@H]1OC(=O)c1ccccc1. The van der Waals surface area contributed by atoms with Crippen molar-refractivity contribution in [1.29, 1.82) is 0 Å². The highest BCUT2D eigenvalue weighted by Gasteiger charge is 2.44. The molecule has 0 bridgehead atoms. The minimum absolute atomic E-state index is 0.0123. The number of fused-ring (bicyclic) bond motifs is 1. The number of nitrogens with zero attached hydrogens (tertiary/aromatic N) is 6. The van der Waals surface area contributed by atoms with Crippen LogP contribution in [0.1, 0.15) is 54.8 Å². The molecule has 46 heavy (non-hydrogen) atoms. The Hall–Kier alpha value is -4.32. The number of carbonyl (C=O) groups excluding carboxylic acids is 1. The van der Waals surface area contributed by atoms with Crippen LogP contribution in [-0.4, -0.2) is 75.9 Å². The number of nitrogens with two attached hydrogens (primary N) is 1. The average molecular weight is 659 g/mol. The predicted octanol–water partition coefficient (Wildman–Crippen LogP) is 1.37. The second-order valence-electron chi connectivity index (χ2n) is 10.7. The number of nitrogens with one attached hydrogen (secondary N) is 1. The Morgan fingerprint density at radius 1 is 1.07 bits per heavy atom. The molecule has 2 aliphatic rings. The van der Waals surface area contributed by atoms with Crippen molar-refractivity contribution in [2.75, 3.05) is 12.3 Å². The molecular formula is C27H31N8O10P. The molecule has 1 aromatic carbocycles. The number of H-pyrrole nitrogens is 1. The Labute approximate surface area is 260 Å². The minimum atomic E-state index is -4.74. The van der Waals surface area contributed by atoms with Crippen molar-refractivity contribution in [3.05, 3.63) is 75.2 Å². The molecule has 7 atom stereocenters. The summed E-state index contributed by atoms with van der Waals surface area (Å²) in [4.78, 5) is 66.8. The van der Waals surface area contributed by atoms with E-state index in [9.17, 15) is 23.8 Å². The maximum absolute atomic E-state index is 13.2. The van der Waals surface area contributed by atoms with Crippen molar-refractivity contribution in [1.82, 2.24) is 34.1 Å². The summed E-state index contributed by atoms with van der Waals surface area (Å²) in [6.07, 6.45) is -2.10. The number of hydrogen-bond acceptors (Lipinski definition) is 14. The number of aromatic amines is 1. The number of carbonyl (C=O) groups is 1. The predicted molar refractivity (Wildman–Crippen MR) is 157 cm³/mol. The van der Waals surface area contributed by atoms with Gasteiger partial charge in [0.15, 0.2) is 11.2 Å². The van der Waals surface area contributed by atoms with Gasteiger partial charge >= 0.3 is 19.5 Å². The van der Waals surface area contributed by atoms with Crippen LogP contribution >= 0.6 is 7.82 Å². The summed E-state index contributed by atoms with van der Waals surface area (Å²) in [5.41, 5.74) is 5.07. The van der Waals surface area contributed by atoms with Crippen molar-refractivity contribution in [3.63, 3.8) is 0 Å². The molecule has 1 unspecified atom stereocenters. The number of aromatic nitrogens is 7. The number of phosphoric ester groups is 1. The quantitative estimate of drug-likeness (QED) is 0.161. The molecular weight excluding hydrogens is 627 g/mol. The fourth-order valence-corrected chi connectivity index (χ4v) is 6.40. The van der Waals surface area contributed by atoms with Gasteiger partial charge in [-0.15, -0.1) is 0 Å². The number of anilines is 1. The zero-order valence-electron chi connectivity index (χ0n) is 24.7. The fourth-order valence-electron chi connectivity index (χ4n) is 5.44. The number of phosphoric acid groups is 1. The van der Waals surface area contributed by atoms with E-state index in [2.05, 4.69) is 24.9 Å². The Morgan fingerprint density at radius 3 is 2.50 bits per heavy atom. The summed E-state index contributed by atoms with van der Waals surface area (Å²) < 4.78 is 44.5. The Morgan fingerprint density at radius 2 is 1.76 bits per heavy atom. The number of nitrogen functional groups attached to an aromatic ring is 1. The topological polar surface area (TPSA) is 238 Å². The number of esters is 1. The van der Waals surface area contributed by atoms with Gasteiger partial charge in [0.1, 0.15) is 36.8 Å². The van der Waals surface area contributed by atoms with Gasteiger partial charge in [-0.25, -0.2) is 29.1 Å². The number of benzene rings is 1. The molecule has 4 N–H and O–H groups in total. The third-order valence-corrected chi connectivity index (χ3v) is 8.63. The van der Waals surface area contributed by atoms with E-state index in [0.717, 1.165) is 10.9 Å². The maximum Gasteiger partial charge on any atom is 0.472 e. The van der Waals surface area contributed by atoms with E-state index >= 15 is 0 Å². The number of ether oxygens (including phenoxy) is 3. The number of imidazole rings is 1. The smallest absolute Gasteiger partial charge is 0.456 e. The van der Waals surface area contributed by atoms with Crippen molar-refractivity contribution in [3.8, 4) is 0 Å². The summed E-state index contributed by atoms with van der Waals surface area (Å²) in [6, 6.07) is 8.22. The number of hydrogen-bond donors (Lipinski definition) is 3. The average Bonchev–Trinajstić information content (AvgIpc) is 3.73. The van der Waals surface area contributed by atoms with E-state index in [-0.39, 0.29) is 29.9 Å². The standard InChI is InChI=1S/C27H31N8O10P/c1-3-16-18(10-20(42-16)34-12-29-22-23(34)31-14(2)32-24(22)36)45-46(39,40)41-11-19-17(44-25(37)15-7-5-4-6-8-15)9-21(43-19)35-13-30-26(28)33-27(35)38/h4-8,12-13,16-21H,3,9-11H2,1-2H3,(H,39,40)(H2,28,33,38)(H,31,32,36)/t16-,17-,18-,19-,20-,21-/m1/s1. The molecule has 0 saturated carbocycles. The summed E-state index contributed by atoms with van der Waals surface area (Å²) in [6.45, 7) is 2.93. The van der Waals surface area contributed by atoms with Gasteiger partial charge in [-0.1, -0.05) is 25.1 Å². The molecule has 0 amide bonds. The van der Waals surface area contributed by atoms with Crippen LogP contribution in [0.25, 0.3) is 11.2 Å². The van der Waals surface area contributed by atoms with Gasteiger partial charge in [-0.2, -0.15) is 4.98 Å². The first-order valence-electron chi connectivity index (χ1n) is 14.4. The first-order valence-corrected chi connectivity index (χ1v) is 15.9. The van der Waals surface area contributed by atoms with Crippen LogP contribution in [-0.2, 0) is 27.8 Å². The van der Waals surface area contributed by atoms with Crippen LogP contribution in [0, 0.1) is 6.92 Å². The molecule has 0 spiro atoms. The second-order valence-corrected chi connectivity index (χ2v) is 12.1. The van der Waals surface area contributed by atoms with Crippen molar-refractivity contribution in [2.24, 2.45) is 0 Å². The third kappa shape index (κ3) is 6.62. The van der Waals surface area contributed by atoms with Crippen LogP contribution < -0.4 is 17.0 Å². The molecule has 2 aliphatic heterocycles. The highest BCUT2D eigenvalue weighted by Crippen LogP contribution is 2.49. The van der Waals surface area contributed by atoms with Crippen LogP contribution in [0.4, 0.5) is 5.95 Å². The van der Waals surface area contributed by atoms with Crippen molar-refractivity contribution >= 4 is 30.9 Å². The van der Waals surface area contributed by atoms with Crippen molar-refractivity contribution in [2.45, 2.75) is 70.0 Å². The first kappa shape index (κ1) is 31.7. The minimum Gasteiger partial charge on any atom is -0.456 e. The fraction of sp³-hybridized carbons (Fsp3) is 0.444. The summed E-state index contributed by atoms with van der Waals surface area (Å²) in [5, 5.41) is 0. The van der Waals surface area contributed by atoms with Crippen LogP contribution in [0.15, 0.2) is 52.6 Å². The lowest BCUT2D eigenvalue weighted by Gasteiger charge is -2.23.